The lowest BCUT2D eigenvalue weighted by Crippen LogP contribution is -2.19. The zero-order chi connectivity index (χ0) is 15.8. The first-order chi connectivity index (χ1) is 10.1. The van der Waals surface area contributed by atoms with Crippen LogP contribution in [0.1, 0.15) is 118 Å². The topological polar surface area (TPSA) is 9.23 Å². The van der Waals surface area contributed by atoms with E-state index in [0.29, 0.717) is 0 Å². The molecule has 0 aromatic heterocycles. The summed E-state index contributed by atoms with van der Waals surface area (Å²) in [5, 5.41) is 0. The van der Waals surface area contributed by atoms with Crippen molar-refractivity contribution < 1.29 is 4.74 Å². The van der Waals surface area contributed by atoms with Gasteiger partial charge in [-0.1, -0.05) is 90.4 Å². The minimum atomic E-state index is 0.0382. The Balaban J connectivity index is 3.00. The largest absolute Gasteiger partial charge is 0.376 e. The van der Waals surface area contributed by atoms with Crippen molar-refractivity contribution in [1.82, 2.24) is 0 Å². The third-order valence-corrected chi connectivity index (χ3v) is 4.03. The molecule has 0 radical (unpaired) electrons. The Hall–Kier alpha value is -0.0400. The molecule has 0 spiro atoms. The van der Waals surface area contributed by atoms with E-state index >= 15 is 0 Å². The summed E-state index contributed by atoms with van der Waals surface area (Å²) in [6.07, 6.45) is 19.8. The summed E-state index contributed by atoms with van der Waals surface area (Å²) in [6, 6.07) is 0. The number of hydrogen-bond acceptors (Lipinski definition) is 1. The van der Waals surface area contributed by atoms with Crippen LogP contribution in [0.4, 0.5) is 0 Å². The summed E-state index contributed by atoms with van der Waals surface area (Å²) >= 11 is 0. The van der Waals surface area contributed by atoms with Crippen molar-refractivity contribution >= 4 is 0 Å². The Kier molecular flexibility index (Phi) is 14.9. The minimum absolute atomic E-state index is 0.0382. The van der Waals surface area contributed by atoms with Crippen LogP contribution in [0.2, 0.25) is 0 Å². The average molecular weight is 299 g/mol. The molecule has 0 saturated carbocycles. The highest BCUT2D eigenvalue weighted by Crippen LogP contribution is 2.13. The quantitative estimate of drug-likeness (QED) is 0.288. The summed E-state index contributed by atoms with van der Waals surface area (Å²) < 4.78 is 5.74. The summed E-state index contributed by atoms with van der Waals surface area (Å²) in [7, 11) is 0. The van der Waals surface area contributed by atoms with Crippen LogP contribution in [0, 0.1) is 0 Å². The second kappa shape index (κ2) is 14.9. The molecule has 0 heterocycles. The molecule has 0 aromatic carbocycles. The predicted octanol–water partition coefficient (Wildman–Crippen LogP) is 7.28. The van der Waals surface area contributed by atoms with E-state index in [1.54, 1.807) is 0 Å². The fraction of sp³-hybridized carbons (Fsp3) is 1.00. The van der Waals surface area contributed by atoms with Crippen molar-refractivity contribution in [3.8, 4) is 0 Å². The normalized spacial score (nSPS) is 12.0. The molecule has 0 aromatic rings. The van der Waals surface area contributed by atoms with Crippen molar-refractivity contribution in [2.75, 3.05) is 6.61 Å². The van der Waals surface area contributed by atoms with Gasteiger partial charge in [0, 0.05) is 6.61 Å². The molecule has 0 atom stereocenters. The molecule has 0 rings (SSSR count). The molecule has 21 heavy (non-hydrogen) atoms. The first-order valence-corrected chi connectivity index (χ1v) is 9.70. The molecule has 0 amide bonds. The molecule has 1 heteroatoms. The monoisotopic (exact) mass is 298 g/mol. The lowest BCUT2D eigenvalue weighted by atomic mass is 10.0. The molecule has 0 fully saturated rings. The van der Waals surface area contributed by atoms with Gasteiger partial charge >= 0.3 is 0 Å². The van der Waals surface area contributed by atoms with Gasteiger partial charge in [0.2, 0.25) is 0 Å². The second-order valence-corrected chi connectivity index (χ2v) is 7.56. The molecule has 1 nitrogen and oxygen atoms in total. The van der Waals surface area contributed by atoms with Crippen molar-refractivity contribution in [3.05, 3.63) is 0 Å². The van der Waals surface area contributed by atoms with Gasteiger partial charge in [-0.3, -0.25) is 0 Å². The maximum atomic E-state index is 5.74. The van der Waals surface area contributed by atoms with E-state index in [9.17, 15) is 0 Å². The maximum absolute atomic E-state index is 5.74. The fourth-order valence-electron chi connectivity index (χ4n) is 2.67. The Morgan fingerprint density at radius 2 is 0.857 bits per heavy atom. The molecule has 128 valence electrons. The van der Waals surface area contributed by atoms with Crippen molar-refractivity contribution in [3.63, 3.8) is 0 Å². The molecule has 0 aliphatic heterocycles. The molecule has 0 bridgehead atoms. The third-order valence-electron chi connectivity index (χ3n) is 4.03. The van der Waals surface area contributed by atoms with Crippen molar-refractivity contribution in [2.24, 2.45) is 0 Å². The van der Waals surface area contributed by atoms with E-state index < -0.39 is 0 Å². The van der Waals surface area contributed by atoms with E-state index in [2.05, 4.69) is 27.7 Å². The van der Waals surface area contributed by atoms with Crippen LogP contribution in [0.5, 0.6) is 0 Å². The fourth-order valence-corrected chi connectivity index (χ4v) is 2.67. The lowest BCUT2D eigenvalue weighted by Gasteiger charge is -2.19. The van der Waals surface area contributed by atoms with Crippen LogP contribution in [-0.2, 0) is 4.74 Å². The highest BCUT2D eigenvalue weighted by atomic mass is 16.5. The van der Waals surface area contributed by atoms with E-state index in [1.165, 1.54) is 89.9 Å². The van der Waals surface area contributed by atoms with Crippen molar-refractivity contribution in [1.29, 1.82) is 0 Å². The van der Waals surface area contributed by atoms with Crippen LogP contribution < -0.4 is 0 Å². The third kappa shape index (κ3) is 20.0. The summed E-state index contributed by atoms with van der Waals surface area (Å²) in [6.45, 7) is 9.63. The van der Waals surface area contributed by atoms with Crippen molar-refractivity contribution in [2.45, 2.75) is 123 Å². The molecule has 0 N–H and O–H groups in total. The molecule has 0 unspecified atom stereocenters. The van der Waals surface area contributed by atoms with Gasteiger partial charge in [-0.2, -0.15) is 0 Å². The van der Waals surface area contributed by atoms with E-state index in [1.807, 2.05) is 0 Å². The zero-order valence-electron chi connectivity index (χ0n) is 15.5. The first kappa shape index (κ1) is 21.0. The summed E-state index contributed by atoms with van der Waals surface area (Å²) in [5.41, 5.74) is 0.0382. The number of unbranched alkanes of at least 4 members (excludes halogenated alkanes) is 13. The van der Waals surface area contributed by atoms with Gasteiger partial charge in [-0.05, 0) is 27.2 Å². The molecule has 0 aliphatic rings. The van der Waals surface area contributed by atoms with Gasteiger partial charge in [-0.25, -0.2) is 0 Å². The van der Waals surface area contributed by atoms with E-state index in [4.69, 9.17) is 4.74 Å². The highest BCUT2D eigenvalue weighted by molar-refractivity contribution is 4.58. The summed E-state index contributed by atoms with van der Waals surface area (Å²) in [4.78, 5) is 0. The number of ether oxygens (including phenoxy) is 1. The molecular formula is C20H42O. The predicted molar refractivity (Wildman–Crippen MR) is 96.0 cm³/mol. The summed E-state index contributed by atoms with van der Waals surface area (Å²) in [5.74, 6) is 0. The maximum Gasteiger partial charge on any atom is 0.0598 e. The second-order valence-electron chi connectivity index (χ2n) is 7.56. The Morgan fingerprint density at radius 3 is 1.19 bits per heavy atom. The van der Waals surface area contributed by atoms with Gasteiger partial charge in [0.1, 0.15) is 0 Å². The van der Waals surface area contributed by atoms with E-state index in [0.717, 1.165) is 6.61 Å². The molecule has 0 saturated heterocycles. The number of rotatable bonds is 15. The van der Waals surface area contributed by atoms with Gasteiger partial charge in [0.05, 0.1) is 5.60 Å². The highest BCUT2D eigenvalue weighted by Gasteiger charge is 2.08. The van der Waals surface area contributed by atoms with Gasteiger partial charge in [0.25, 0.3) is 0 Å². The van der Waals surface area contributed by atoms with Gasteiger partial charge < -0.3 is 4.74 Å². The standard InChI is InChI=1S/C20H42O/c1-5-6-7-8-9-10-11-12-13-14-15-16-17-18-19-21-20(2,3)4/h5-19H2,1-4H3. The Morgan fingerprint density at radius 1 is 0.524 bits per heavy atom. The van der Waals surface area contributed by atoms with Crippen LogP contribution in [0.15, 0.2) is 0 Å². The lowest BCUT2D eigenvalue weighted by molar-refractivity contribution is -0.00474. The van der Waals surface area contributed by atoms with E-state index in [-0.39, 0.29) is 5.60 Å². The van der Waals surface area contributed by atoms with Gasteiger partial charge in [-0.15, -0.1) is 0 Å². The molecular weight excluding hydrogens is 256 g/mol. The Labute approximate surface area is 135 Å². The van der Waals surface area contributed by atoms with Crippen LogP contribution in [0.3, 0.4) is 0 Å². The average Bonchev–Trinajstić information content (AvgIpc) is 2.42. The number of hydrogen-bond donors (Lipinski definition) is 0. The van der Waals surface area contributed by atoms with Gasteiger partial charge in [0.15, 0.2) is 0 Å². The SMILES string of the molecule is CCCCCCCCCCCCCCCCOC(C)(C)C. The van der Waals surface area contributed by atoms with Crippen LogP contribution in [0.25, 0.3) is 0 Å². The smallest absolute Gasteiger partial charge is 0.0598 e. The van der Waals surface area contributed by atoms with Crippen LogP contribution >= 0.6 is 0 Å². The minimum Gasteiger partial charge on any atom is -0.376 e. The zero-order valence-corrected chi connectivity index (χ0v) is 15.5. The Bertz CT molecular complexity index is 193. The molecule has 0 aliphatic carbocycles. The first-order valence-electron chi connectivity index (χ1n) is 9.70. The van der Waals surface area contributed by atoms with Crippen LogP contribution in [-0.4, -0.2) is 12.2 Å².